The molecule has 0 saturated carbocycles. The highest BCUT2D eigenvalue weighted by atomic mass is 19.1. The fourth-order valence-corrected chi connectivity index (χ4v) is 1.42. The first kappa shape index (κ1) is 11.7. The van der Waals surface area contributed by atoms with E-state index < -0.39 is 22.9 Å². The third-order valence-corrected chi connectivity index (χ3v) is 2.19. The zero-order chi connectivity index (χ0) is 13.3. The highest BCUT2D eigenvalue weighted by Crippen LogP contribution is 2.10. The standard InChI is InChI=1S/C11H5F2N3O2/c12-7-1-8(13)3-9(2-7)16-5-6(4-14)10(17)15-11(16)18/h1-3,5H,(H,15,17,18). The van der Waals surface area contributed by atoms with Gasteiger partial charge >= 0.3 is 5.69 Å². The molecular weight excluding hydrogens is 244 g/mol. The molecule has 0 aliphatic rings. The molecule has 2 rings (SSSR count). The van der Waals surface area contributed by atoms with Crippen LogP contribution in [-0.4, -0.2) is 9.55 Å². The van der Waals surface area contributed by atoms with Crippen molar-refractivity contribution in [2.45, 2.75) is 0 Å². The predicted molar refractivity (Wildman–Crippen MR) is 57.3 cm³/mol. The Kier molecular flexibility index (Phi) is 2.77. The van der Waals surface area contributed by atoms with E-state index in [0.29, 0.717) is 6.07 Å². The first-order valence-corrected chi connectivity index (χ1v) is 4.74. The lowest BCUT2D eigenvalue weighted by Crippen LogP contribution is -2.30. The molecule has 1 N–H and O–H groups in total. The SMILES string of the molecule is N#Cc1cn(-c2cc(F)cc(F)c2)c(=O)[nH]c1=O. The molecule has 0 amide bonds. The summed E-state index contributed by atoms with van der Waals surface area (Å²) in [4.78, 5) is 24.5. The minimum Gasteiger partial charge on any atom is -0.273 e. The van der Waals surface area contributed by atoms with Crippen molar-refractivity contribution in [2.24, 2.45) is 0 Å². The Morgan fingerprint density at radius 3 is 2.33 bits per heavy atom. The number of nitriles is 1. The topological polar surface area (TPSA) is 78.7 Å². The summed E-state index contributed by atoms with van der Waals surface area (Å²) in [7, 11) is 0. The smallest absolute Gasteiger partial charge is 0.273 e. The Balaban J connectivity index is 2.75. The molecule has 18 heavy (non-hydrogen) atoms. The summed E-state index contributed by atoms with van der Waals surface area (Å²) in [6, 6.07) is 4.03. The first-order chi connectivity index (χ1) is 8.51. The van der Waals surface area contributed by atoms with Crippen molar-refractivity contribution in [3.8, 4) is 11.8 Å². The van der Waals surface area contributed by atoms with Crippen LogP contribution in [0.1, 0.15) is 5.56 Å². The van der Waals surface area contributed by atoms with Crippen LogP contribution < -0.4 is 11.2 Å². The Bertz CT molecular complexity index is 751. The lowest BCUT2D eigenvalue weighted by molar-refractivity contribution is 0.581. The van der Waals surface area contributed by atoms with Gasteiger partial charge < -0.3 is 0 Å². The fourth-order valence-electron chi connectivity index (χ4n) is 1.42. The lowest BCUT2D eigenvalue weighted by atomic mass is 10.3. The van der Waals surface area contributed by atoms with E-state index in [1.165, 1.54) is 0 Å². The Morgan fingerprint density at radius 1 is 1.17 bits per heavy atom. The Labute approximate surface area is 98.5 Å². The lowest BCUT2D eigenvalue weighted by Gasteiger charge is -2.05. The van der Waals surface area contributed by atoms with E-state index in [4.69, 9.17) is 5.26 Å². The first-order valence-electron chi connectivity index (χ1n) is 4.74. The third-order valence-electron chi connectivity index (χ3n) is 2.19. The summed E-state index contributed by atoms with van der Waals surface area (Å²) < 4.78 is 26.8. The number of benzene rings is 1. The van der Waals surface area contributed by atoms with Gasteiger partial charge in [0.2, 0.25) is 0 Å². The van der Waals surface area contributed by atoms with Gasteiger partial charge in [-0.2, -0.15) is 5.26 Å². The van der Waals surface area contributed by atoms with Crippen molar-refractivity contribution < 1.29 is 8.78 Å². The number of aromatic nitrogens is 2. The number of halogens is 2. The number of H-pyrrole nitrogens is 1. The summed E-state index contributed by atoms with van der Waals surface area (Å²) in [6.45, 7) is 0. The molecule has 0 bridgehead atoms. The van der Waals surface area contributed by atoms with Crippen LogP contribution in [0.2, 0.25) is 0 Å². The summed E-state index contributed by atoms with van der Waals surface area (Å²) >= 11 is 0. The fraction of sp³-hybridized carbons (Fsp3) is 0. The van der Waals surface area contributed by atoms with Gasteiger partial charge in [0.15, 0.2) is 0 Å². The van der Waals surface area contributed by atoms with Crippen molar-refractivity contribution >= 4 is 0 Å². The van der Waals surface area contributed by atoms with E-state index in [-0.39, 0.29) is 11.3 Å². The maximum Gasteiger partial charge on any atom is 0.332 e. The van der Waals surface area contributed by atoms with Gasteiger partial charge in [0.1, 0.15) is 23.3 Å². The molecule has 0 aliphatic heterocycles. The average molecular weight is 249 g/mol. The quantitative estimate of drug-likeness (QED) is 0.806. The van der Waals surface area contributed by atoms with Crippen LogP contribution in [0.25, 0.3) is 5.69 Å². The molecule has 5 nitrogen and oxygen atoms in total. The molecule has 0 unspecified atom stereocenters. The van der Waals surface area contributed by atoms with E-state index in [1.807, 2.05) is 4.98 Å². The van der Waals surface area contributed by atoms with Crippen LogP contribution in [0, 0.1) is 23.0 Å². The highest BCUT2D eigenvalue weighted by Gasteiger charge is 2.08. The molecule has 0 spiro atoms. The molecule has 90 valence electrons. The van der Waals surface area contributed by atoms with Crippen molar-refractivity contribution in [1.29, 1.82) is 5.26 Å². The Morgan fingerprint density at radius 2 is 1.78 bits per heavy atom. The number of rotatable bonds is 1. The zero-order valence-corrected chi connectivity index (χ0v) is 8.78. The second-order valence-electron chi connectivity index (χ2n) is 3.41. The zero-order valence-electron chi connectivity index (χ0n) is 8.78. The van der Waals surface area contributed by atoms with Crippen LogP contribution in [0.4, 0.5) is 8.78 Å². The van der Waals surface area contributed by atoms with Gasteiger partial charge in [0.05, 0.1) is 5.69 Å². The number of hydrogen-bond donors (Lipinski definition) is 1. The van der Waals surface area contributed by atoms with E-state index in [1.54, 1.807) is 6.07 Å². The third kappa shape index (κ3) is 2.04. The largest absolute Gasteiger partial charge is 0.332 e. The minimum absolute atomic E-state index is 0.120. The summed E-state index contributed by atoms with van der Waals surface area (Å²) in [6.07, 6.45) is 0.926. The summed E-state index contributed by atoms with van der Waals surface area (Å²) in [5.74, 6) is -1.75. The normalized spacial score (nSPS) is 10.1. The van der Waals surface area contributed by atoms with Crippen LogP contribution >= 0.6 is 0 Å². The molecule has 1 heterocycles. The molecule has 0 saturated heterocycles. The minimum atomic E-state index is -0.885. The van der Waals surface area contributed by atoms with Crippen molar-refractivity contribution in [3.63, 3.8) is 0 Å². The van der Waals surface area contributed by atoms with Crippen molar-refractivity contribution in [2.75, 3.05) is 0 Å². The molecular formula is C11H5F2N3O2. The number of nitrogens with one attached hydrogen (secondary N) is 1. The second-order valence-corrected chi connectivity index (χ2v) is 3.41. The van der Waals surface area contributed by atoms with E-state index in [2.05, 4.69) is 0 Å². The molecule has 0 aliphatic carbocycles. The molecule has 1 aromatic heterocycles. The van der Waals surface area contributed by atoms with Gasteiger partial charge in [-0.15, -0.1) is 0 Å². The maximum absolute atomic E-state index is 13.0. The van der Waals surface area contributed by atoms with Gasteiger partial charge in [-0.25, -0.2) is 13.6 Å². The van der Waals surface area contributed by atoms with Crippen LogP contribution in [0.3, 0.4) is 0 Å². The molecule has 2 aromatic rings. The van der Waals surface area contributed by atoms with Gasteiger partial charge in [-0.1, -0.05) is 0 Å². The maximum atomic E-state index is 13.0. The van der Waals surface area contributed by atoms with E-state index in [0.717, 1.165) is 22.9 Å². The molecule has 0 fully saturated rings. The molecule has 1 aromatic carbocycles. The van der Waals surface area contributed by atoms with E-state index >= 15 is 0 Å². The summed E-state index contributed by atoms with van der Waals surface area (Å²) in [5.41, 5.74) is -2.19. The number of aromatic amines is 1. The molecule has 0 atom stereocenters. The van der Waals surface area contributed by atoms with Crippen LogP contribution in [-0.2, 0) is 0 Å². The highest BCUT2D eigenvalue weighted by molar-refractivity contribution is 5.35. The van der Waals surface area contributed by atoms with Gasteiger partial charge in [-0.05, 0) is 12.1 Å². The number of nitrogens with zero attached hydrogens (tertiary/aromatic N) is 2. The second kappa shape index (κ2) is 4.25. The molecule has 7 heteroatoms. The average Bonchev–Trinajstić information content (AvgIpc) is 2.27. The number of hydrogen-bond acceptors (Lipinski definition) is 3. The monoisotopic (exact) mass is 249 g/mol. The Hall–Kier alpha value is -2.75. The van der Waals surface area contributed by atoms with Gasteiger partial charge in [0.25, 0.3) is 5.56 Å². The van der Waals surface area contributed by atoms with Crippen molar-refractivity contribution in [3.05, 3.63) is 62.4 Å². The van der Waals surface area contributed by atoms with Crippen LogP contribution in [0.15, 0.2) is 34.0 Å². The summed E-state index contributed by atoms with van der Waals surface area (Å²) in [5, 5.41) is 8.66. The van der Waals surface area contributed by atoms with Crippen molar-refractivity contribution in [1.82, 2.24) is 9.55 Å². The van der Waals surface area contributed by atoms with Crippen LogP contribution in [0.5, 0.6) is 0 Å². The van der Waals surface area contributed by atoms with Gasteiger partial charge in [-0.3, -0.25) is 14.3 Å². The molecule has 0 radical (unpaired) electrons. The van der Waals surface area contributed by atoms with Gasteiger partial charge in [0, 0.05) is 12.3 Å². The predicted octanol–water partition coefficient (Wildman–Crippen LogP) is 0.676. The van der Waals surface area contributed by atoms with E-state index in [9.17, 15) is 18.4 Å².